The van der Waals surface area contributed by atoms with Gasteiger partial charge in [-0.2, -0.15) is 13.2 Å². The summed E-state index contributed by atoms with van der Waals surface area (Å²) in [7, 11) is 1.76. The van der Waals surface area contributed by atoms with Gasteiger partial charge in [0.25, 0.3) is 0 Å². The molecule has 0 spiro atoms. The first-order chi connectivity index (χ1) is 9.90. The van der Waals surface area contributed by atoms with Crippen molar-refractivity contribution in [1.29, 1.82) is 0 Å². The second-order valence-electron chi connectivity index (χ2n) is 4.28. The second-order valence-corrected chi connectivity index (χ2v) is 5.34. The minimum atomic E-state index is -4.42. The molecule has 0 fully saturated rings. The first-order valence-corrected chi connectivity index (χ1v) is 6.86. The average Bonchev–Trinajstić information content (AvgIpc) is 2.42. The molecular weight excluding hydrogens is 304 g/mol. The summed E-state index contributed by atoms with van der Waals surface area (Å²) in [6, 6.07) is 6.90. The van der Waals surface area contributed by atoms with Gasteiger partial charge in [-0.05, 0) is 36.9 Å². The molecule has 1 aromatic carbocycles. The fraction of sp³-hybridized carbons (Fsp3) is 0.214. The zero-order chi connectivity index (χ0) is 15.5. The SMILES string of the molecule is CNCc1ccc(Sc2ccc(C(F)(F)F)cn2)c(F)c1. The van der Waals surface area contributed by atoms with Crippen molar-refractivity contribution in [3.63, 3.8) is 0 Å². The number of hydrogen-bond donors (Lipinski definition) is 1. The van der Waals surface area contributed by atoms with E-state index >= 15 is 0 Å². The molecule has 0 bridgehead atoms. The molecule has 21 heavy (non-hydrogen) atoms. The largest absolute Gasteiger partial charge is 0.417 e. The standard InChI is InChI=1S/C14H12F4N2S/c1-19-7-9-2-4-12(11(15)6-9)21-13-5-3-10(8-20-13)14(16,17)18/h2-6,8,19H,7H2,1H3. The van der Waals surface area contributed by atoms with E-state index in [0.717, 1.165) is 29.6 Å². The highest BCUT2D eigenvalue weighted by atomic mass is 32.2. The Hall–Kier alpha value is -1.60. The first-order valence-electron chi connectivity index (χ1n) is 6.04. The third kappa shape index (κ3) is 4.18. The molecule has 0 unspecified atom stereocenters. The van der Waals surface area contributed by atoms with Gasteiger partial charge in [-0.25, -0.2) is 9.37 Å². The molecule has 7 heteroatoms. The topological polar surface area (TPSA) is 24.9 Å². The van der Waals surface area contributed by atoms with Crippen LogP contribution in [0.25, 0.3) is 0 Å². The molecule has 0 aliphatic carbocycles. The first kappa shape index (κ1) is 15.8. The molecule has 0 amide bonds. The normalized spacial score (nSPS) is 11.7. The molecular formula is C14H12F4N2S. The van der Waals surface area contributed by atoms with Crippen molar-refractivity contribution in [2.45, 2.75) is 22.6 Å². The number of benzene rings is 1. The molecule has 0 aliphatic heterocycles. The Morgan fingerprint density at radius 2 is 1.95 bits per heavy atom. The van der Waals surface area contributed by atoms with Crippen molar-refractivity contribution in [2.24, 2.45) is 0 Å². The van der Waals surface area contributed by atoms with Gasteiger partial charge in [0.2, 0.25) is 0 Å². The van der Waals surface area contributed by atoms with E-state index in [-0.39, 0.29) is 0 Å². The predicted molar refractivity (Wildman–Crippen MR) is 72.5 cm³/mol. The molecule has 0 atom stereocenters. The van der Waals surface area contributed by atoms with Gasteiger partial charge in [0.05, 0.1) is 5.56 Å². The third-order valence-electron chi connectivity index (χ3n) is 2.66. The van der Waals surface area contributed by atoms with Crippen LogP contribution in [0.4, 0.5) is 17.6 Å². The minimum absolute atomic E-state index is 0.309. The number of halogens is 4. The molecule has 2 nitrogen and oxygen atoms in total. The Labute approximate surface area is 123 Å². The van der Waals surface area contributed by atoms with Crippen molar-refractivity contribution >= 4 is 11.8 Å². The summed E-state index contributed by atoms with van der Waals surface area (Å²) in [6.07, 6.45) is -3.67. The Balaban J connectivity index is 2.15. The molecule has 112 valence electrons. The summed E-state index contributed by atoms with van der Waals surface area (Å²) in [5.41, 5.74) is -0.0311. The molecule has 0 saturated carbocycles. The summed E-state index contributed by atoms with van der Waals surface area (Å²) < 4.78 is 51.1. The summed E-state index contributed by atoms with van der Waals surface area (Å²) in [5.74, 6) is -0.422. The monoisotopic (exact) mass is 316 g/mol. The van der Waals surface area contributed by atoms with Gasteiger partial charge in [0.1, 0.15) is 10.8 Å². The zero-order valence-electron chi connectivity index (χ0n) is 11.0. The maximum atomic E-state index is 13.9. The van der Waals surface area contributed by atoms with Gasteiger partial charge in [0.15, 0.2) is 0 Å². The summed E-state index contributed by atoms with van der Waals surface area (Å²) in [4.78, 5) is 4.03. The van der Waals surface area contributed by atoms with Crippen LogP contribution in [0.2, 0.25) is 0 Å². The third-order valence-corrected chi connectivity index (χ3v) is 3.66. The molecule has 0 radical (unpaired) electrons. The van der Waals surface area contributed by atoms with Crippen LogP contribution in [0.3, 0.4) is 0 Å². The van der Waals surface area contributed by atoms with Gasteiger partial charge in [-0.3, -0.25) is 0 Å². The zero-order valence-corrected chi connectivity index (χ0v) is 11.9. The van der Waals surface area contributed by atoms with E-state index in [4.69, 9.17) is 0 Å². The lowest BCUT2D eigenvalue weighted by atomic mass is 10.2. The van der Waals surface area contributed by atoms with Gasteiger partial charge >= 0.3 is 6.18 Å². The minimum Gasteiger partial charge on any atom is -0.316 e. The number of nitrogens with zero attached hydrogens (tertiary/aromatic N) is 1. The quantitative estimate of drug-likeness (QED) is 0.859. The number of aromatic nitrogens is 1. The fourth-order valence-corrected chi connectivity index (χ4v) is 2.42. The average molecular weight is 316 g/mol. The highest BCUT2D eigenvalue weighted by Gasteiger charge is 2.30. The smallest absolute Gasteiger partial charge is 0.316 e. The highest BCUT2D eigenvalue weighted by molar-refractivity contribution is 7.99. The van der Waals surface area contributed by atoms with Crippen LogP contribution >= 0.6 is 11.8 Å². The van der Waals surface area contributed by atoms with E-state index in [1.54, 1.807) is 19.2 Å². The Bertz CT molecular complexity index is 611. The van der Waals surface area contributed by atoms with E-state index in [2.05, 4.69) is 10.3 Å². The van der Waals surface area contributed by atoms with Crippen molar-refractivity contribution in [3.05, 3.63) is 53.5 Å². The summed E-state index contributed by atoms with van der Waals surface area (Å²) >= 11 is 0.986. The maximum Gasteiger partial charge on any atom is 0.417 e. The van der Waals surface area contributed by atoms with Crippen molar-refractivity contribution in [2.75, 3.05) is 7.05 Å². The summed E-state index contributed by atoms with van der Waals surface area (Å²) in [6.45, 7) is 0.542. The van der Waals surface area contributed by atoms with Crippen LogP contribution in [-0.2, 0) is 12.7 Å². The molecule has 1 aromatic heterocycles. The summed E-state index contributed by atoms with van der Waals surface area (Å²) in [5, 5.41) is 3.22. The maximum absolute atomic E-state index is 13.9. The van der Waals surface area contributed by atoms with Crippen LogP contribution in [0.1, 0.15) is 11.1 Å². The van der Waals surface area contributed by atoms with Gasteiger partial charge in [0, 0.05) is 17.6 Å². The Morgan fingerprint density at radius 1 is 1.19 bits per heavy atom. The Kier molecular flexibility index (Phi) is 4.84. The van der Waals surface area contributed by atoms with E-state index in [1.165, 1.54) is 12.1 Å². The lowest BCUT2D eigenvalue weighted by Gasteiger charge is -2.08. The fourth-order valence-electron chi connectivity index (χ4n) is 1.66. The van der Waals surface area contributed by atoms with E-state index in [9.17, 15) is 17.6 Å². The van der Waals surface area contributed by atoms with Gasteiger partial charge in [-0.15, -0.1) is 0 Å². The van der Waals surface area contributed by atoms with E-state index in [1.807, 2.05) is 0 Å². The number of rotatable bonds is 4. The lowest BCUT2D eigenvalue weighted by Crippen LogP contribution is -2.05. The number of pyridine rings is 1. The van der Waals surface area contributed by atoms with Crippen LogP contribution in [0.5, 0.6) is 0 Å². The molecule has 1 heterocycles. The van der Waals surface area contributed by atoms with E-state index in [0.29, 0.717) is 16.5 Å². The van der Waals surface area contributed by atoms with Crippen molar-refractivity contribution < 1.29 is 17.6 Å². The van der Waals surface area contributed by atoms with Crippen molar-refractivity contribution in [3.8, 4) is 0 Å². The van der Waals surface area contributed by atoms with Crippen molar-refractivity contribution in [1.82, 2.24) is 10.3 Å². The molecule has 2 aromatic rings. The number of alkyl halides is 3. The van der Waals surface area contributed by atoms with Crippen LogP contribution in [0.15, 0.2) is 46.5 Å². The molecule has 0 aliphatic rings. The Morgan fingerprint density at radius 3 is 2.48 bits per heavy atom. The predicted octanol–water partition coefficient (Wildman–Crippen LogP) is 4.11. The van der Waals surface area contributed by atoms with Gasteiger partial charge in [-0.1, -0.05) is 17.8 Å². The van der Waals surface area contributed by atoms with Crippen LogP contribution < -0.4 is 5.32 Å². The van der Waals surface area contributed by atoms with Gasteiger partial charge < -0.3 is 5.32 Å². The number of nitrogens with one attached hydrogen (secondary N) is 1. The number of hydrogen-bond acceptors (Lipinski definition) is 3. The highest BCUT2D eigenvalue weighted by Crippen LogP contribution is 2.32. The van der Waals surface area contributed by atoms with Crippen LogP contribution in [0, 0.1) is 5.82 Å². The van der Waals surface area contributed by atoms with E-state index < -0.39 is 17.6 Å². The second kappa shape index (κ2) is 6.44. The van der Waals surface area contributed by atoms with Crippen LogP contribution in [-0.4, -0.2) is 12.0 Å². The molecule has 0 saturated heterocycles. The molecule has 1 N–H and O–H groups in total. The lowest BCUT2D eigenvalue weighted by molar-refractivity contribution is -0.137. The molecule has 2 rings (SSSR count).